The molecule has 0 spiro atoms. The van der Waals surface area contributed by atoms with Gasteiger partial charge in [0, 0.05) is 17.1 Å². The molecule has 0 aliphatic carbocycles. The summed E-state index contributed by atoms with van der Waals surface area (Å²) < 4.78 is 38.8. The lowest BCUT2D eigenvalue weighted by Crippen LogP contribution is -2.26. The van der Waals surface area contributed by atoms with Crippen molar-refractivity contribution in [3.8, 4) is 0 Å². The van der Waals surface area contributed by atoms with E-state index in [-0.39, 0.29) is 18.2 Å². The molecule has 0 saturated heterocycles. The minimum absolute atomic E-state index is 0.208. The quantitative estimate of drug-likeness (QED) is 0.871. The van der Waals surface area contributed by atoms with Crippen LogP contribution >= 0.6 is 15.9 Å². The van der Waals surface area contributed by atoms with Gasteiger partial charge in [0.15, 0.2) is 0 Å². The van der Waals surface area contributed by atoms with Crippen LogP contribution in [0.5, 0.6) is 0 Å². The molecule has 0 saturated carbocycles. The Morgan fingerprint density at radius 3 is 2.53 bits per heavy atom. The number of benzene rings is 1. The highest BCUT2D eigenvalue weighted by Crippen LogP contribution is 2.33. The Hall–Kier alpha value is -0.550. The van der Waals surface area contributed by atoms with Crippen LogP contribution < -0.4 is 5.32 Å². The number of hydrogen-bond acceptors (Lipinski definition) is 1. The summed E-state index contributed by atoms with van der Waals surface area (Å²) in [6.45, 7) is 4.17. The average molecular weight is 310 g/mol. The van der Waals surface area contributed by atoms with Gasteiger partial charge in [0.25, 0.3) is 0 Å². The largest absolute Gasteiger partial charge is 0.416 e. The second-order valence-corrected chi connectivity index (χ2v) is 4.91. The average Bonchev–Trinajstić information content (AvgIpc) is 2.25. The molecule has 1 atom stereocenters. The van der Waals surface area contributed by atoms with E-state index >= 15 is 0 Å². The molecule has 1 nitrogen and oxygen atoms in total. The Morgan fingerprint density at radius 2 is 2.00 bits per heavy atom. The van der Waals surface area contributed by atoms with Gasteiger partial charge in [-0.1, -0.05) is 28.9 Å². The Labute approximate surface area is 108 Å². The van der Waals surface area contributed by atoms with Gasteiger partial charge in [0.1, 0.15) is 0 Å². The molecule has 1 aromatic carbocycles. The van der Waals surface area contributed by atoms with Gasteiger partial charge in [-0.25, -0.2) is 0 Å². The molecule has 1 unspecified atom stereocenters. The summed E-state index contributed by atoms with van der Waals surface area (Å²) in [5.74, 6) is 0. The summed E-state index contributed by atoms with van der Waals surface area (Å²) in [7, 11) is 0. The number of rotatable bonds is 4. The maximum atomic E-state index is 12.8. The lowest BCUT2D eigenvalue weighted by molar-refractivity contribution is -0.138. The van der Waals surface area contributed by atoms with Gasteiger partial charge in [-0.3, -0.25) is 0 Å². The smallest absolute Gasteiger partial charge is 0.310 e. The molecule has 0 fully saturated rings. The second-order valence-electron chi connectivity index (χ2n) is 3.99. The first-order chi connectivity index (χ1) is 7.84. The number of alkyl halides is 3. The Kier molecular flexibility index (Phi) is 5.01. The van der Waals surface area contributed by atoms with Crippen molar-refractivity contribution >= 4 is 15.9 Å². The summed E-state index contributed by atoms with van der Waals surface area (Å²) in [5.41, 5.74) is -0.302. The topological polar surface area (TPSA) is 12.0 Å². The van der Waals surface area contributed by atoms with E-state index in [1.165, 1.54) is 6.07 Å². The predicted molar refractivity (Wildman–Crippen MR) is 65.7 cm³/mol. The van der Waals surface area contributed by atoms with Gasteiger partial charge in [-0.15, -0.1) is 0 Å². The maximum Gasteiger partial charge on any atom is 0.416 e. The number of nitrogens with one attached hydrogen (secondary N) is 1. The zero-order valence-electron chi connectivity index (χ0n) is 9.74. The van der Waals surface area contributed by atoms with Gasteiger partial charge >= 0.3 is 6.18 Å². The summed E-state index contributed by atoms with van der Waals surface area (Å²) in [6, 6.07) is 4.46. The van der Waals surface area contributed by atoms with Crippen molar-refractivity contribution < 1.29 is 13.2 Å². The lowest BCUT2D eigenvalue weighted by Gasteiger charge is -2.16. The van der Waals surface area contributed by atoms with Crippen LogP contribution in [0.15, 0.2) is 22.7 Å². The van der Waals surface area contributed by atoms with Gasteiger partial charge in [-0.2, -0.15) is 13.2 Å². The zero-order valence-corrected chi connectivity index (χ0v) is 11.3. The first kappa shape index (κ1) is 14.5. The third kappa shape index (κ3) is 4.32. The molecule has 1 N–H and O–H groups in total. The van der Waals surface area contributed by atoms with Crippen LogP contribution in [-0.2, 0) is 12.7 Å². The predicted octanol–water partition coefficient (Wildman–Crippen LogP) is 4.36. The molecule has 1 aromatic rings. The lowest BCUT2D eigenvalue weighted by atomic mass is 10.1. The van der Waals surface area contributed by atoms with Crippen LogP contribution in [-0.4, -0.2) is 6.04 Å². The van der Waals surface area contributed by atoms with Crippen molar-refractivity contribution in [2.75, 3.05) is 0 Å². The first-order valence-electron chi connectivity index (χ1n) is 5.43. The van der Waals surface area contributed by atoms with Crippen molar-refractivity contribution in [1.29, 1.82) is 0 Å². The molecule has 0 aliphatic heterocycles. The van der Waals surface area contributed by atoms with E-state index in [0.29, 0.717) is 4.47 Å². The fourth-order valence-corrected chi connectivity index (χ4v) is 1.76. The monoisotopic (exact) mass is 309 g/mol. The highest BCUT2D eigenvalue weighted by molar-refractivity contribution is 9.10. The molecule has 0 bridgehead atoms. The van der Waals surface area contributed by atoms with Crippen LogP contribution in [0.25, 0.3) is 0 Å². The molecule has 17 heavy (non-hydrogen) atoms. The fourth-order valence-electron chi connectivity index (χ4n) is 1.40. The summed E-state index contributed by atoms with van der Waals surface area (Å²) in [5, 5.41) is 3.07. The van der Waals surface area contributed by atoms with Gasteiger partial charge in [0.05, 0.1) is 5.56 Å². The van der Waals surface area contributed by atoms with Crippen molar-refractivity contribution in [3.05, 3.63) is 33.8 Å². The summed E-state index contributed by atoms with van der Waals surface area (Å²) in [6.07, 6.45) is -3.42. The molecule has 5 heteroatoms. The third-order valence-corrected chi connectivity index (χ3v) is 3.12. The highest BCUT2D eigenvalue weighted by Gasteiger charge is 2.33. The van der Waals surface area contributed by atoms with E-state index in [9.17, 15) is 13.2 Å². The van der Waals surface area contributed by atoms with E-state index < -0.39 is 11.7 Å². The van der Waals surface area contributed by atoms with Gasteiger partial charge in [-0.05, 0) is 31.0 Å². The van der Waals surface area contributed by atoms with Crippen molar-refractivity contribution in [1.82, 2.24) is 5.32 Å². The standard InChI is InChI=1S/C12H15BrF3N/c1-3-8(2)17-7-9-4-5-10(13)6-11(9)12(14,15)16/h4-6,8,17H,3,7H2,1-2H3. The van der Waals surface area contributed by atoms with Crippen LogP contribution in [0.4, 0.5) is 13.2 Å². The summed E-state index contributed by atoms with van der Waals surface area (Å²) in [4.78, 5) is 0. The van der Waals surface area contributed by atoms with Crippen molar-refractivity contribution in [3.63, 3.8) is 0 Å². The highest BCUT2D eigenvalue weighted by atomic mass is 79.9. The second kappa shape index (κ2) is 5.87. The Balaban J connectivity index is 2.91. The molecular weight excluding hydrogens is 295 g/mol. The van der Waals surface area contributed by atoms with E-state index in [0.717, 1.165) is 12.5 Å². The summed E-state index contributed by atoms with van der Waals surface area (Å²) >= 11 is 3.06. The zero-order chi connectivity index (χ0) is 13.1. The number of halogens is 4. The maximum absolute atomic E-state index is 12.8. The Morgan fingerprint density at radius 1 is 1.35 bits per heavy atom. The van der Waals surface area contributed by atoms with Crippen LogP contribution in [0, 0.1) is 0 Å². The third-order valence-electron chi connectivity index (χ3n) is 2.63. The SMILES string of the molecule is CCC(C)NCc1ccc(Br)cc1C(F)(F)F. The molecule has 0 heterocycles. The molecule has 0 radical (unpaired) electrons. The van der Waals surface area contributed by atoms with E-state index in [1.54, 1.807) is 6.07 Å². The normalized spacial score (nSPS) is 13.8. The van der Waals surface area contributed by atoms with Crippen LogP contribution in [0.1, 0.15) is 31.4 Å². The molecule has 1 rings (SSSR count). The van der Waals surface area contributed by atoms with E-state index in [4.69, 9.17) is 0 Å². The molecule has 0 aromatic heterocycles. The molecule has 0 aliphatic rings. The first-order valence-corrected chi connectivity index (χ1v) is 6.23. The molecule has 96 valence electrons. The van der Waals surface area contributed by atoms with Crippen molar-refractivity contribution in [2.24, 2.45) is 0 Å². The van der Waals surface area contributed by atoms with Gasteiger partial charge in [0.2, 0.25) is 0 Å². The number of hydrogen-bond donors (Lipinski definition) is 1. The van der Waals surface area contributed by atoms with Crippen molar-refractivity contribution in [2.45, 2.75) is 39.0 Å². The van der Waals surface area contributed by atoms with Crippen LogP contribution in [0.2, 0.25) is 0 Å². The minimum atomic E-state index is -4.31. The Bertz CT molecular complexity index is 377. The fraction of sp³-hybridized carbons (Fsp3) is 0.500. The minimum Gasteiger partial charge on any atom is -0.310 e. The van der Waals surface area contributed by atoms with Gasteiger partial charge < -0.3 is 5.32 Å². The molecular formula is C12H15BrF3N. The van der Waals surface area contributed by atoms with Crippen LogP contribution in [0.3, 0.4) is 0 Å². The van der Waals surface area contributed by atoms with E-state index in [1.807, 2.05) is 13.8 Å². The molecule has 0 amide bonds. The van der Waals surface area contributed by atoms with E-state index in [2.05, 4.69) is 21.2 Å².